The molecule has 0 atom stereocenters. The number of ether oxygens (including phenoxy) is 1. The lowest BCUT2D eigenvalue weighted by molar-refractivity contribution is -0.276. The standard InChI is InChI=1S/C8H7BrF3NO/c1-4-3-5(2)7(13-6(4)9)14-8(10,11)12/h3H,1-2H3. The van der Waals surface area contributed by atoms with Gasteiger partial charge in [0.15, 0.2) is 0 Å². The largest absolute Gasteiger partial charge is 0.574 e. The highest BCUT2D eigenvalue weighted by atomic mass is 79.9. The molecule has 0 saturated heterocycles. The van der Waals surface area contributed by atoms with Gasteiger partial charge in [0.2, 0.25) is 5.88 Å². The Bertz CT molecular complexity index is 351. The Morgan fingerprint density at radius 2 is 1.86 bits per heavy atom. The zero-order valence-electron chi connectivity index (χ0n) is 7.44. The fraction of sp³-hybridized carbons (Fsp3) is 0.375. The SMILES string of the molecule is Cc1cc(C)c(OC(F)(F)F)nc1Br. The Hall–Kier alpha value is -0.780. The number of hydrogen-bond donors (Lipinski definition) is 0. The van der Waals surface area contributed by atoms with Crippen molar-refractivity contribution in [2.24, 2.45) is 0 Å². The minimum Gasteiger partial charge on any atom is -0.388 e. The van der Waals surface area contributed by atoms with Crippen LogP contribution in [0.4, 0.5) is 13.2 Å². The lowest BCUT2D eigenvalue weighted by atomic mass is 10.2. The number of halogens is 4. The summed E-state index contributed by atoms with van der Waals surface area (Å²) in [5.74, 6) is -0.421. The first-order valence-corrected chi connectivity index (χ1v) is 4.48. The third-order valence-corrected chi connectivity index (χ3v) is 2.31. The lowest BCUT2D eigenvalue weighted by Gasteiger charge is -2.11. The van der Waals surface area contributed by atoms with E-state index in [9.17, 15) is 13.2 Å². The molecule has 0 unspecified atom stereocenters. The smallest absolute Gasteiger partial charge is 0.388 e. The molecule has 1 rings (SSSR count). The summed E-state index contributed by atoms with van der Waals surface area (Å²) in [6.07, 6.45) is -4.70. The zero-order valence-corrected chi connectivity index (χ0v) is 9.03. The van der Waals surface area contributed by atoms with Crippen molar-refractivity contribution < 1.29 is 17.9 Å². The van der Waals surface area contributed by atoms with Gasteiger partial charge in [0, 0.05) is 5.56 Å². The molecule has 0 aliphatic rings. The van der Waals surface area contributed by atoms with Gasteiger partial charge in [0.25, 0.3) is 0 Å². The van der Waals surface area contributed by atoms with Crippen molar-refractivity contribution in [3.05, 3.63) is 21.8 Å². The van der Waals surface area contributed by atoms with Crippen LogP contribution in [-0.4, -0.2) is 11.3 Å². The van der Waals surface area contributed by atoms with Crippen molar-refractivity contribution >= 4 is 15.9 Å². The predicted octanol–water partition coefficient (Wildman–Crippen LogP) is 3.36. The number of aryl methyl sites for hydroxylation is 2. The van der Waals surface area contributed by atoms with Crippen LogP contribution in [0.1, 0.15) is 11.1 Å². The van der Waals surface area contributed by atoms with Crippen LogP contribution >= 0.6 is 15.9 Å². The van der Waals surface area contributed by atoms with Gasteiger partial charge in [0.05, 0.1) is 0 Å². The van der Waals surface area contributed by atoms with E-state index in [1.807, 2.05) is 0 Å². The van der Waals surface area contributed by atoms with Gasteiger partial charge in [-0.05, 0) is 41.4 Å². The van der Waals surface area contributed by atoms with Crippen LogP contribution in [0, 0.1) is 13.8 Å². The van der Waals surface area contributed by atoms with Gasteiger partial charge in [-0.3, -0.25) is 0 Å². The van der Waals surface area contributed by atoms with Crippen molar-refractivity contribution in [2.45, 2.75) is 20.2 Å². The van der Waals surface area contributed by atoms with Gasteiger partial charge in [-0.25, -0.2) is 4.98 Å². The summed E-state index contributed by atoms with van der Waals surface area (Å²) in [7, 11) is 0. The average molecular weight is 270 g/mol. The molecule has 0 amide bonds. The predicted molar refractivity (Wildman–Crippen MR) is 48.1 cm³/mol. The fourth-order valence-corrected chi connectivity index (χ4v) is 1.20. The van der Waals surface area contributed by atoms with E-state index < -0.39 is 12.2 Å². The molecular formula is C8H7BrF3NO. The van der Waals surface area contributed by atoms with Gasteiger partial charge in [0.1, 0.15) is 4.60 Å². The molecule has 0 aromatic carbocycles. The van der Waals surface area contributed by atoms with E-state index >= 15 is 0 Å². The summed E-state index contributed by atoms with van der Waals surface area (Å²) < 4.78 is 39.7. The highest BCUT2D eigenvalue weighted by Crippen LogP contribution is 2.27. The summed E-state index contributed by atoms with van der Waals surface area (Å²) in [4.78, 5) is 3.63. The molecule has 0 fully saturated rings. The highest BCUT2D eigenvalue weighted by molar-refractivity contribution is 9.10. The van der Waals surface area contributed by atoms with Crippen LogP contribution in [0.3, 0.4) is 0 Å². The average Bonchev–Trinajstić information content (AvgIpc) is 1.97. The van der Waals surface area contributed by atoms with Crippen molar-refractivity contribution in [1.29, 1.82) is 0 Å². The van der Waals surface area contributed by atoms with Gasteiger partial charge in [-0.15, -0.1) is 13.2 Å². The summed E-state index contributed by atoms with van der Waals surface area (Å²) in [5, 5.41) is 0. The van der Waals surface area contributed by atoms with E-state index in [1.54, 1.807) is 13.0 Å². The molecule has 0 spiro atoms. The minimum absolute atomic E-state index is 0.349. The van der Waals surface area contributed by atoms with Crippen LogP contribution in [0.2, 0.25) is 0 Å². The quantitative estimate of drug-likeness (QED) is 0.730. The Kier molecular flexibility index (Phi) is 3.04. The molecule has 78 valence electrons. The molecule has 0 radical (unpaired) electrons. The summed E-state index contributed by atoms with van der Waals surface area (Å²) in [6, 6.07) is 1.57. The van der Waals surface area contributed by atoms with Crippen LogP contribution in [0.15, 0.2) is 10.7 Å². The first-order valence-electron chi connectivity index (χ1n) is 3.69. The molecule has 1 aromatic rings. The van der Waals surface area contributed by atoms with E-state index in [0.29, 0.717) is 10.2 Å². The van der Waals surface area contributed by atoms with E-state index in [0.717, 1.165) is 5.56 Å². The third kappa shape index (κ3) is 2.87. The van der Waals surface area contributed by atoms with Crippen molar-refractivity contribution in [3.63, 3.8) is 0 Å². The molecule has 0 aliphatic carbocycles. The molecule has 14 heavy (non-hydrogen) atoms. The fourth-order valence-electron chi connectivity index (χ4n) is 0.924. The Morgan fingerprint density at radius 1 is 1.29 bits per heavy atom. The third-order valence-electron chi connectivity index (χ3n) is 1.51. The van der Waals surface area contributed by atoms with Crippen LogP contribution < -0.4 is 4.74 Å². The van der Waals surface area contributed by atoms with E-state index in [1.165, 1.54) is 6.92 Å². The maximum absolute atomic E-state index is 11.9. The van der Waals surface area contributed by atoms with Crippen LogP contribution in [0.5, 0.6) is 5.88 Å². The molecule has 0 bridgehead atoms. The van der Waals surface area contributed by atoms with E-state index in [-0.39, 0.29) is 0 Å². The first kappa shape index (κ1) is 11.3. The maximum Gasteiger partial charge on any atom is 0.574 e. The Morgan fingerprint density at radius 3 is 2.36 bits per heavy atom. The molecule has 0 aliphatic heterocycles. The topological polar surface area (TPSA) is 22.1 Å². The minimum atomic E-state index is -4.70. The van der Waals surface area contributed by atoms with E-state index in [2.05, 4.69) is 25.7 Å². The number of aromatic nitrogens is 1. The highest BCUT2D eigenvalue weighted by Gasteiger charge is 2.32. The summed E-state index contributed by atoms with van der Waals surface area (Å²) in [5.41, 5.74) is 1.11. The number of nitrogens with zero attached hydrogens (tertiary/aromatic N) is 1. The number of rotatable bonds is 1. The van der Waals surface area contributed by atoms with Crippen molar-refractivity contribution in [3.8, 4) is 5.88 Å². The van der Waals surface area contributed by atoms with Crippen LogP contribution in [-0.2, 0) is 0 Å². The lowest BCUT2D eigenvalue weighted by Crippen LogP contribution is -2.18. The summed E-state index contributed by atoms with van der Waals surface area (Å²) >= 11 is 3.03. The molecule has 1 aromatic heterocycles. The molecular weight excluding hydrogens is 263 g/mol. The maximum atomic E-state index is 11.9. The van der Waals surface area contributed by atoms with E-state index in [4.69, 9.17) is 0 Å². The number of alkyl halides is 3. The second kappa shape index (κ2) is 3.76. The number of hydrogen-bond acceptors (Lipinski definition) is 2. The van der Waals surface area contributed by atoms with Gasteiger partial charge < -0.3 is 4.74 Å². The van der Waals surface area contributed by atoms with Gasteiger partial charge in [-0.2, -0.15) is 0 Å². The van der Waals surface area contributed by atoms with Crippen LogP contribution in [0.25, 0.3) is 0 Å². The molecule has 0 N–H and O–H groups in total. The molecule has 6 heteroatoms. The normalized spacial score (nSPS) is 11.6. The van der Waals surface area contributed by atoms with Gasteiger partial charge in [-0.1, -0.05) is 0 Å². The molecule has 1 heterocycles. The zero-order chi connectivity index (χ0) is 10.9. The molecule has 0 saturated carbocycles. The Balaban J connectivity index is 3.04. The second-order valence-corrected chi connectivity index (χ2v) is 3.52. The first-order chi connectivity index (χ1) is 6.29. The summed E-state index contributed by atoms with van der Waals surface area (Å²) in [6.45, 7) is 3.25. The van der Waals surface area contributed by atoms with Crippen molar-refractivity contribution in [2.75, 3.05) is 0 Å². The van der Waals surface area contributed by atoms with Gasteiger partial charge >= 0.3 is 6.36 Å². The molecule has 2 nitrogen and oxygen atoms in total. The number of pyridine rings is 1. The van der Waals surface area contributed by atoms with Crippen molar-refractivity contribution in [1.82, 2.24) is 4.98 Å². The monoisotopic (exact) mass is 269 g/mol. The Labute approximate surface area is 87.2 Å². The second-order valence-electron chi connectivity index (χ2n) is 2.77.